The number of hydrogen-bond acceptors (Lipinski definition) is 9. The number of benzene rings is 2. The van der Waals surface area contributed by atoms with E-state index in [1.165, 1.54) is 27.6 Å². The van der Waals surface area contributed by atoms with Gasteiger partial charge in [0, 0.05) is 31.4 Å². The molecule has 52 heavy (non-hydrogen) atoms. The van der Waals surface area contributed by atoms with Gasteiger partial charge in [-0.05, 0) is 54.4 Å². The third-order valence-corrected chi connectivity index (χ3v) is 12.8. The van der Waals surface area contributed by atoms with Crippen molar-refractivity contribution in [1.29, 1.82) is 0 Å². The molecule has 284 valence electrons. The van der Waals surface area contributed by atoms with Gasteiger partial charge in [0.15, 0.2) is 0 Å². The van der Waals surface area contributed by atoms with E-state index in [1.54, 1.807) is 30.5 Å². The minimum absolute atomic E-state index is 0.0539. The van der Waals surface area contributed by atoms with Crippen LogP contribution in [0.15, 0.2) is 70.0 Å². The fourth-order valence-corrected chi connectivity index (χ4v) is 8.73. The van der Waals surface area contributed by atoms with Gasteiger partial charge in [-0.25, -0.2) is 18.2 Å². The van der Waals surface area contributed by atoms with E-state index >= 15 is 0 Å². The zero-order valence-electron chi connectivity index (χ0n) is 30.8. The maximum Gasteiger partial charge on any atom is 0.318 e. The SMILES string of the molecule is CC[C@H](C)[C@H](NC(=O)N(C)Cc1csc(C(C)C)n1)C(=O)N[C@@H](Cc1ccccc1)[C@H](O)CN(CC1CCCC1)S(=O)(=O)c1ccc(/C=N/O)cc1. The Morgan fingerprint density at radius 1 is 1.06 bits per heavy atom. The molecular weight excluding hydrogens is 701 g/mol. The van der Waals surface area contributed by atoms with Crippen LogP contribution in [0.3, 0.4) is 0 Å². The van der Waals surface area contributed by atoms with Crippen molar-refractivity contribution in [3.05, 3.63) is 81.8 Å². The van der Waals surface area contributed by atoms with Crippen LogP contribution in [0, 0.1) is 11.8 Å². The lowest BCUT2D eigenvalue weighted by atomic mass is 9.96. The first-order chi connectivity index (χ1) is 24.8. The molecule has 2 aromatic carbocycles. The molecular formula is C38H54N6O6S2. The van der Waals surface area contributed by atoms with E-state index in [1.807, 2.05) is 49.6 Å². The summed E-state index contributed by atoms with van der Waals surface area (Å²) in [6.45, 7) is 8.23. The van der Waals surface area contributed by atoms with Crippen molar-refractivity contribution in [2.75, 3.05) is 20.1 Å². The van der Waals surface area contributed by atoms with Gasteiger partial charge in [-0.3, -0.25) is 4.79 Å². The Morgan fingerprint density at radius 3 is 2.33 bits per heavy atom. The van der Waals surface area contributed by atoms with Gasteiger partial charge in [0.1, 0.15) is 6.04 Å². The van der Waals surface area contributed by atoms with Gasteiger partial charge >= 0.3 is 6.03 Å². The van der Waals surface area contributed by atoms with Crippen LogP contribution in [0.1, 0.15) is 87.5 Å². The minimum atomic E-state index is -4.05. The molecule has 0 radical (unpaired) electrons. The average Bonchev–Trinajstić information content (AvgIpc) is 3.83. The monoisotopic (exact) mass is 754 g/mol. The normalized spacial score (nSPS) is 16.2. The zero-order chi connectivity index (χ0) is 37.8. The molecule has 1 fully saturated rings. The molecule has 0 aliphatic heterocycles. The second-order valence-electron chi connectivity index (χ2n) is 14.2. The Bertz CT molecular complexity index is 1710. The molecule has 0 bridgehead atoms. The molecule has 4 rings (SSSR count). The van der Waals surface area contributed by atoms with Crippen molar-refractivity contribution in [3.63, 3.8) is 0 Å². The quantitative estimate of drug-likeness (QED) is 0.0746. The number of hydrogen-bond donors (Lipinski definition) is 4. The number of aliphatic hydroxyl groups excluding tert-OH is 1. The molecule has 1 aliphatic carbocycles. The Kier molecular flexibility index (Phi) is 15.2. The van der Waals surface area contributed by atoms with Crippen LogP contribution in [0.5, 0.6) is 0 Å². The summed E-state index contributed by atoms with van der Waals surface area (Å²) in [6.07, 6.45) is 4.60. The molecule has 1 saturated carbocycles. The lowest BCUT2D eigenvalue weighted by Gasteiger charge is -2.33. The summed E-state index contributed by atoms with van der Waals surface area (Å²) in [5.74, 6) is -0.270. The largest absolute Gasteiger partial charge is 0.411 e. The summed E-state index contributed by atoms with van der Waals surface area (Å²) in [5, 5.41) is 32.6. The highest BCUT2D eigenvalue weighted by Gasteiger charge is 2.35. The number of aromatic nitrogens is 1. The van der Waals surface area contributed by atoms with Crippen molar-refractivity contribution in [2.45, 2.75) is 102 Å². The third kappa shape index (κ3) is 11.3. The first kappa shape index (κ1) is 40.9. The molecule has 14 heteroatoms. The third-order valence-electron chi connectivity index (χ3n) is 9.73. The van der Waals surface area contributed by atoms with Gasteiger partial charge in [0.05, 0.1) is 40.5 Å². The highest BCUT2D eigenvalue weighted by molar-refractivity contribution is 7.89. The van der Waals surface area contributed by atoms with Gasteiger partial charge in [-0.1, -0.05) is 94.6 Å². The van der Waals surface area contributed by atoms with Gasteiger partial charge < -0.3 is 25.8 Å². The second-order valence-corrected chi connectivity index (χ2v) is 17.0. The number of aliphatic hydroxyl groups is 1. The molecule has 4 N–H and O–H groups in total. The standard InChI is InChI=1S/C38H54N6O6S2/c1-6-27(4)35(42-38(47)43(5)23-31-25-51-37(40-31)26(2)3)36(46)41-33(20-28-12-8-7-9-13-28)34(45)24-44(22-30-14-10-11-15-30)52(49,50)32-18-16-29(17-19-32)21-39-48/h7-9,12-13,16-19,21,25-27,30,33-35,45,48H,6,10-11,14-15,20,22-24H2,1-5H3,(H,41,46)(H,42,47)/b39-21+/t27-,33-,34+,35-/m0/s1. The molecule has 3 amide bonds. The summed E-state index contributed by atoms with van der Waals surface area (Å²) < 4.78 is 29.5. The highest BCUT2D eigenvalue weighted by Crippen LogP contribution is 2.28. The number of rotatable bonds is 18. The van der Waals surface area contributed by atoms with Crippen LogP contribution in [0.25, 0.3) is 0 Å². The summed E-state index contributed by atoms with van der Waals surface area (Å²) >= 11 is 1.55. The van der Waals surface area contributed by atoms with Crippen molar-refractivity contribution in [1.82, 2.24) is 24.8 Å². The van der Waals surface area contributed by atoms with E-state index in [9.17, 15) is 23.1 Å². The van der Waals surface area contributed by atoms with E-state index in [2.05, 4.69) is 34.6 Å². The van der Waals surface area contributed by atoms with Crippen LogP contribution in [-0.4, -0.2) is 89.4 Å². The minimum Gasteiger partial charge on any atom is -0.411 e. The number of carbonyl (C=O) groups excluding carboxylic acids is 2. The highest BCUT2D eigenvalue weighted by atomic mass is 32.2. The average molecular weight is 755 g/mol. The summed E-state index contributed by atoms with van der Waals surface area (Å²) in [7, 11) is -2.39. The number of urea groups is 1. The molecule has 1 aliphatic rings. The van der Waals surface area contributed by atoms with Gasteiger partial charge in [-0.2, -0.15) is 4.31 Å². The van der Waals surface area contributed by atoms with E-state index < -0.39 is 40.1 Å². The summed E-state index contributed by atoms with van der Waals surface area (Å²) in [5.41, 5.74) is 2.16. The molecule has 0 unspecified atom stereocenters. The van der Waals surface area contributed by atoms with E-state index in [0.717, 1.165) is 41.9 Å². The molecule has 3 aromatic rings. The lowest BCUT2D eigenvalue weighted by Crippen LogP contribution is -2.58. The number of oxime groups is 1. The van der Waals surface area contributed by atoms with E-state index in [0.29, 0.717) is 12.0 Å². The first-order valence-electron chi connectivity index (χ1n) is 18.1. The number of nitrogens with one attached hydrogen (secondary N) is 2. The second kappa shape index (κ2) is 19.3. The number of sulfonamides is 1. The number of nitrogens with zero attached hydrogens (tertiary/aromatic N) is 4. The van der Waals surface area contributed by atoms with Gasteiger partial charge in [0.25, 0.3) is 0 Å². The van der Waals surface area contributed by atoms with Crippen LogP contribution in [-0.2, 0) is 27.8 Å². The predicted molar refractivity (Wildman–Crippen MR) is 204 cm³/mol. The van der Waals surface area contributed by atoms with Crippen LogP contribution in [0.4, 0.5) is 4.79 Å². The Morgan fingerprint density at radius 2 is 1.73 bits per heavy atom. The molecule has 4 atom stereocenters. The van der Waals surface area contributed by atoms with E-state index in [4.69, 9.17) is 5.21 Å². The molecule has 1 aromatic heterocycles. The fraction of sp³-hybridized carbons (Fsp3) is 0.526. The number of carbonyl (C=O) groups is 2. The number of amides is 3. The van der Waals surface area contributed by atoms with Gasteiger partial charge in [0.2, 0.25) is 15.9 Å². The Hall–Kier alpha value is -3.85. The van der Waals surface area contributed by atoms with Crippen molar-refractivity contribution < 1.29 is 28.3 Å². The zero-order valence-corrected chi connectivity index (χ0v) is 32.4. The predicted octanol–water partition coefficient (Wildman–Crippen LogP) is 5.60. The fourth-order valence-electron chi connectivity index (χ4n) is 6.37. The Balaban J connectivity index is 1.56. The molecule has 0 saturated heterocycles. The maximum atomic E-state index is 14.1. The van der Waals surface area contributed by atoms with Crippen molar-refractivity contribution in [3.8, 4) is 0 Å². The molecule has 1 heterocycles. The number of thiazole rings is 1. The van der Waals surface area contributed by atoms with Gasteiger partial charge in [-0.15, -0.1) is 11.3 Å². The van der Waals surface area contributed by atoms with Crippen LogP contribution < -0.4 is 10.6 Å². The van der Waals surface area contributed by atoms with Crippen LogP contribution in [0.2, 0.25) is 0 Å². The molecule has 0 spiro atoms. The lowest BCUT2D eigenvalue weighted by molar-refractivity contribution is -0.125. The summed E-state index contributed by atoms with van der Waals surface area (Å²) in [4.78, 5) is 33.7. The topological polar surface area (TPSA) is 165 Å². The first-order valence-corrected chi connectivity index (χ1v) is 20.4. The van der Waals surface area contributed by atoms with Crippen LogP contribution >= 0.6 is 11.3 Å². The molecule has 12 nitrogen and oxygen atoms in total. The maximum absolute atomic E-state index is 14.1. The van der Waals surface area contributed by atoms with E-state index in [-0.39, 0.29) is 48.7 Å². The van der Waals surface area contributed by atoms with Crippen molar-refractivity contribution in [2.24, 2.45) is 17.0 Å². The summed E-state index contributed by atoms with van der Waals surface area (Å²) in [6, 6.07) is 13.2. The smallest absolute Gasteiger partial charge is 0.318 e. The Labute approximate surface area is 312 Å². The van der Waals surface area contributed by atoms with Crippen molar-refractivity contribution >= 4 is 39.5 Å².